The van der Waals surface area contributed by atoms with Gasteiger partial charge in [0.1, 0.15) is 11.6 Å². The van der Waals surface area contributed by atoms with Gasteiger partial charge >= 0.3 is 6.61 Å². The van der Waals surface area contributed by atoms with Gasteiger partial charge in [-0.3, -0.25) is 0 Å². The Morgan fingerprint density at radius 3 is 2.65 bits per heavy atom. The van der Waals surface area contributed by atoms with Gasteiger partial charge in [0.15, 0.2) is 0 Å². The van der Waals surface area contributed by atoms with Crippen molar-refractivity contribution < 1.29 is 17.9 Å². The van der Waals surface area contributed by atoms with Crippen LogP contribution in [0.2, 0.25) is 0 Å². The van der Waals surface area contributed by atoms with Crippen molar-refractivity contribution in [2.24, 2.45) is 0 Å². The molecule has 2 rings (SSSR count). The molecule has 0 radical (unpaired) electrons. The summed E-state index contributed by atoms with van der Waals surface area (Å²) >= 11 is 3.26. The van der Waals surface area contributed by atoms with E-state index in [1.807, 2.05) is 0 Å². The molecule has 20 heavy (non-hydrogen) atoms. The Labute approximate surface area is 122 Å². The molecule has 0 heterocycles. The first-order chi connectivity index (χ1) is 9.54. The molecule has 6 heteroatoms. The molecule has 2 aromatic rings. The summed E-state index contributed by atoms with van der Waals surface area (Å²) in [5.74, 6) is -0.240. The highest BCUT2D eigenvalue weighted by atomic mass is 79.9. The molecule has 2 aromatic carbocycles. The molecule has 0 saturated carbocycles. The van der Waals surface area contributed by atoms with Crippen molar-refractivity contribution in [3.8, 4) is 5.75 Å². The monoisotopic (exact) mass is 345 g/mol. The average Bonchev–Trinajstić information content (AvgIpc) is 2.37. The van der Waals surface area contributed by atoms with E-state index in [1.54, 1.807) is 18.2 Å². The van der Waals surface area contributed by atoms with Crippen LogP contribution in [0.3, 0.4) is 0 Å². The zero-order chi connectivity index (χ0) is 14.5. The van der Waals surface area contributed by atoms with Crippen LogP contribution in [0, 0.1) is 5.82 Å². The second-order valence-corrected chi connectivity index (χ2v) is 4.85. The zero-order valence-electron chi connectivity index (χ0n) is 10.2. The molecule has 0 amide bonds. The first-order valence-electron chi connectivity index (χ1n) is 5.77. The number of hydrogen-bond acceptors (Lipinski definition) is 2. The zero-order valence-corrected chi connectivity index (χ0v) is 11.8. The summed E-state index contributed by atoms with van der Waals surface area (Å²) in [5.41, 5.74) is 1.49. The molecule has 0 unspecified atom stereocenters. The number of halogens is 4. The first-order valence-corrected chi connectivity index (χ1v) is 6.56. The molecule has 0 atom stereocenters. The highest BCUT2D eigenvalue weighted by Crippen LogP contribution is 2.22. The van der Waals surface area contributed by atoms with E-state index in [0.717, 1.165) is 5.56 Å². The molecule has 0 aliphatic heterocycles. The van der Waals surface area contributed by atoms with Gasteiger partial charge in [-0.05, 0) is 29.8 Å². The molecule has 0 saturated heterocycles. The smallest absolute Gasteiger partial charge is 0.387 e. The quantitative estimate of drug-likeness (QED) is 0.840. The van der Waals surface area contributed by atoms with Crippen LogP contribution in [0.4, 0.5) is 18.9 Å². The molecule has 0 aliphatic rings. The second-order valence-electron chi connectivity index (χ2n) is 4.00. The Balaban J connectivity index is 2.03. The average molecular weight is 346 g/mol. The SMILES string of the molecule is Fc1ccc(CNc2cccc(OC(F)F)c2)c(Br)c1. The number of ether oxygens (including phenoxy) is 1. The molecule has 0 fully saturated rings. The van der Waals surface area contributed by atoms with Crippen molar-refractivity contribution in [2.45, 2.75) is 13.2 Å². The fourth-order valence-electron chi connectivity index (χ4n) is 1.64. The van der Waals surface area contributed by atoms with Crippen molar-refractivity contribution in [1.82, 2.24) is 0 Å². The third-order valence-electron chi connectivity index (χ3n) is 2.56. The highest BCUT2D eigenvalue weighted by molar-refractivity contribution is 9.10. The lowest BCUT2D eigenvalue weighted by molar-refractivity contribution is -0.0498. The van der Waals surface area contributed by atoms with Crippen LogP contribution in [-0.4, -0.2) is 6.61 Å². The molecule has 0 spiro atoms. The minimum atomic E-state index is -2.85. The van der Waals surface area contributed by atoms with E-state index in [-0.39, 0.29) is 11.6 Å². The molecule has 106 valence electrons. The third-order valence-corrected chi connectivity index (χ3v) is 3.30. The lowest BCUT2D eigenvalue weighted by Gasteiger charge is -2.10. The fraction of sp³-hybridized carbons (Fsp3) is 0.143. The Morgan fingerprint density at radius 2 is 1.95 bits per heavy atom. The van der Waals surface area contributed by atoms with Crippen LogP contribution in [-0.2, 0) is 6.54 Å². The van der Waals surface area contributed by atoms with E-state index in [4.69, 9.17) is 0 Å². The number of benzene rings is 2. The Morgan fingerprint density at radius 1 is 1.15 bits per heavy atom. The van der Waals surface area contributed by atoms with Crippen LogP contribution in [0.5, 0.6) is 5.75 Å². The summed E-state index contributed by atoms with van der Waals surface area (Å²) in [5, 5.41) is 3.06. The van der Waals surface area contributed by atoms with Crippen molar-refractivity contribution in [1.29, 1.82) is 0 Å². The maximum absolute atomic E-state index is 12.9. The van der Waals surface area contributed by atoms with Crippen molar-refractivity contribution in [3.63, 3.8) is 0 Å². The van der Waals surface area contributed by atoms with Gasteiger partial charge in [-0.25, -0.2) is 4.39 Å². The van der Waals surface area contributed by atoms with Gasteiger partial charge < -0.3 is 10.1 Å². The summed E-state index contributed by atoms with van der Waals surface area (Å²) in [6, 6.07) is 10.6. The molecule has 2 nitrogen and oxygen atoms in total. The lowest BCUT2D eigenvalue weighted by atomic mass is 10.2. The molecular weight excluding hydrogens is 335 g/mol. The summed E-state index contributed by atoms with van der Waals surface area (Å²) in [6.07, 6.45) is 0. The lowest BCUT2D eigenvalue weighted by Crippen LogP contribution is -2.03. The summed E-state index contributed by atoms with van der Waals surface area (Å²) in [4.78, 5) is 0. The topological polar surface area (TPSA) is 21.3 Å². The van der Waals surface area contributed by atoms with Crippen LogP contribution in [0.1, 0.15) is 5.56 Å². The largest absolute Gasteiger partial charge is 0.435 e. The van der Waals surface area contributed by atoms with E-state index < -0.39 is 6.61 Å². The second kappa shape index (κ2) is 6.65. The van der Waals surface area contributed by atoms with E-state index in [2.05, 4.69) is 26.0 Å². The van der Waals surface area contributed by atoms with Crippen LogP contribution in [0.25, 0.3) is 0 Å². The van der Waals surface area contributed by atoms with Gasteiger partial charge in [0, 0.05) is 22.8 Å². The van der Waals surface area contributed by atoms with Gasteiger partial charge in [0.2, 0.25) is 0 Å². The van der Waals surface area contributed by atoms with E-state index >= 15 is 0 Å². The van der Waals surface area contributed by atoms with Gasteiger partial charge in [-0.2, -0.15) is 8.78 Å². The predicted molar refractivity (Wildman–Crippen MR) is 74.5 cm³/mol. The number of nitrogens with one attached hydrogen (secondary N) is 1. The van der Waals surface area contributed by atoms with Crippen LogP contribution < -0.4 is 10.1 Å². The maximum atomic E-state index is 12.9. The Kier molecular flexibility index (Phi) is 4.89. The molecule has 1 N–H and O–H groups in total. The minimum Gasteiger partial charge on any atom is -0.435 e. The highest BCUT2D eigenvalue weighted by Gasteiger charge is 2.05. The van der Waals surface area contributed by atoms with E-state index in [9.17, 15) is 13.2 Å². The van der Waals surface area contributed by atoms with Crippen molar-refractivity contribution >= 4 is 21.6 Å². The predicted octanol–water partition coefficient (Wildman–Crippen LogP) is 4.80. The van der Waals surface area contributed by atoms with Crippen LogP contribution >= 0.6 is 15.9 Å². The first kappa shape index (κ1) is 14.7. The van der Waals surface area contributed by atoms with Crippen LogP contribution in [0.15, 0.2) is 46.9 Å². The maximum Gasteiger partial charge on any atom is 0.387 e. The third kappa shape index (κ3) is 4.16. The molecular formula is C14H11BrF3NO. The standard InChI is InChI=1S/C14H11BrF3NO/c15-13-6-10(16)5-4-9(13)8-19-11-2-1-3-12(7-11)20-14(17)18/h1-7,14,19H,8H2. The van der Waals surface area contributed by atoms with Gasteiger partial charge in [0.05, 0.1) is 0 Å². The van der Waals surface area contributed by atoms with Gasteiger partial charge in [0.25, 0.3) is 0 Å². The number of alkyl halides is 2. The molecule has 0 bridgehead atoms. The van der Waals surface area contributed by atoms with Gasteiger partial charge in [-0.15, -0.1) is 0 Å². The van der Waals surface area contributed by atoms with E-state index in [0.29, 0.717) is 16.7 Å². The minimum absolute atomic E-state index is 0.0863. The normalized spacial score (nSPS) is 10.7. The molecule has 0 aromatic heterocycles. The Bertz CT molecular complexity index is 592. The fourth-order valence-corrected chi connectivity index (χ4v) is 2.14. The number of anilines is 1. The van der Waals surface area contributed by atoms with E-state index in [1.165, 1.54) is 24.3 Å². The van der Waals surface area contributed by atoms with Crippen molar-refractivity contribution in [2.75, 3.05) is 5.32 Å². The number of rotatable bonds is 5. The summed E-state index contributed by atoms with van der Waals surface area (Å²) in [7, 11) is 0. The number of hydrogen-bond donors (Lipinski definition) is 1. The van der Waals surface area contributed by atoms with Crippen molar-refractivity contribution in [3.05, 3.63) is 58.3 Å². The summed E-state index contributed by atoms with van der Waals surface area (Å²) in [6.45, 7) is -2.42. The Hall–Kier alpha value is -1.69. The molecule has 0 aliphatic carbocycles. The summed E-state index contributed by atoms with van der Waals surface area (Å²) < 4.78 is 42.1. The van der Waals surface area contributed by atoms with Gasteiger partial charge in [-0.1, -0.05) is 28.1 Å².